The van der Waals surface area contributed by atoms with Crippen LogP contribution in [0.3, 0.4) is 0 Å². The number of carbonyl (C=O) groups excluding carboxylic acids is 1. The number of nitrogens with zero attached hydrogens (tertiary/aromatic N) is 1. The molecule has 4 heteroatoms. The van der Waals surface area contributed by atoms with E-state index in [-0.39, 0.29) is 12.1 Å². The summed E-state index contributed by atoms with van der Waals surface area (Å²) >= 11 is 0. The molecule has 1 aliphatic rings. The maximum atomic E-state index is 12.5. The Kier molecular flexibility index (Phi) is 4.57. The molecule has 2 unspecified atom stereocenters. The molecule has 0 bridgehead atoms. The summed E-state index contributed by atoms with van der Waals surface area (Å²) in [4.78, 5) is 14.3. The minimum absolute atomic E-state index is 0.0195. The monoisotopic (exact) mass is 290 g/mol. The molecule has 1 fully saturated rings. The van der Waals surface area contributed by atoms with Crippen LogP contribution in [-0.2, 0) is 4.74 Å². The molecular formula is C17H26N2O2. The average molecular weight is 290 g/mol. The van der Waals surface area contributed by atoms with Gasteiger partial charge in [-0.15, -0.1) is 0 Å². The fourth-order valence-electron chi connectivity index (χ4n) is 2.97. The standard InChI is InChI=1S/C17H26N2O2/c1-12-7-5-6-8-14(12)15-13(11-18)9-10-19(15)16(20)21-17(2,3)4/h5-8,13,15H,9-11,18H2,1-4H3. The van der Waals surface area contributed by atoms with E-state index in [0.717, 1.165) is 6.42 Å². The second kappa shape index (κ2) is 6.06. The first-order valence-electron chi connectivity index (χ1n) is 7.58. The van der Waals surface area contributed by atoms with Crippen LogP contribution in [0.4, 0.5) is 4.79 Å². The number of aryl methyl sites for hydroxylation is 1. The summed E-state index contributed by atoms with van der Waals surface area (Å²) in [6, 6.07) is 8.22. The average Bonchev–Trinajstić information content (AvgIpc) is 2.81. The van der Waals surface area contributed by atoms with Crippen molar-refractivity contribution < 1.29 is 9.53 Å². The van der Waals surface area contributed by atoms with E-state index in [4.69, 9.17) is 10.5 Å². The Labute approximate surface area is 127 Å². The highest BCUT2D eigenvalue weighted by atomic mass is 16.6. The highest BCUT2D eigenvalue weighted by Crippen LogP contribution is 2.38. The molecule has 4 nitrogen and oxygen atoms in total. The first kappa shape index (κ1) is 15.8. The molecule has 1 heterocycles. The Balaban J connectivity index is 2.29. The van der Waals surface area contributed by atoms with Gasteiger partial charge in [0.2, 0.25) is 0 Å². The molecule has 2 rings (SSSR count). The van der Waals surface area contributed by atoms with Gasteiger partial charge in [0.05, 0.1) is 6.04 Å². The van der Waals surface area contributed by atoms with Crippen LogP contribution in [-0.4, -0.2) is 29.7 Å². The van der Waals surface area contributed by atoms with Gasteiger partial charge in [0, 0.05) is 6.54 Å². The number of amides is 1. The van der Waals surface area contributed by atoms with Crippen molar-refractivity contribution in [2.45, 2.75) is 45.8 Å². The molecule has 0 aliphatic carbocycles. The molecule has 2 N–H and O–H groups in total. The molecule has 0 saturated carbocycles. The number of rotatable bonds is 2. The number of hydrogen-bond acceptors (Lipinski definition) is 3. The Morgan fingerprint density at radius 1 is 1.38 bits per heavy atom. The maximum Gasteiger partial charge on any atom is 0.410 e. The van der Waals surface area contributed by atoms with Gasteiger partial charge in [0.15, 0.2) is 0 Å². The number of ether oxygens (including phenoxy) is 1. The van der Waals surface area contributed by atoms with Gasteiger partial charge >= 0.3 is 6.09 Å². The minimum atomic E-state index is -0.478. The van der Waals surface area contributed by atoms with Crippen molar-refractivity contribution in [3.63, 3.8) is 0 Å². The van der Waals surface area contributed by atoms with Gasteiger partial charge in [-0.3, -0.25) is 0 Å². The van der Waals surface area contributed by atoms with Gasteiger partial charge in [-0.1, -0.05) is 24.3 Å². The van der Waals surface area contributed by atoms with E-state index in [1.807, 2.05) is 37.8 Å². The lowest BCUT2D eigenvalue weighted by Crippen LogP contribution is -2.38. The van der Waals surface area contributed by atoms with Crippen molar-refractivity contribution in [1.82, 2.24) is 4.90 Å². The Hall–Kier alpha value is -1.55. The van der Waals surface area contributed by atoms with Crippen LogP contribution in [0.2, 0.25) is 0 Å². The summed E-state index contributed by atoms with van der Waals surface area (Å²) < 4.78 is 5.55. The molecule has 2 atom stereocenters. The first-order valence-corrected chi connectivity index (χ1v) is 7.58. The smallest absolute Gasteiger partial charge is 0.410 e. The van der Waals surface area contributed by atoms with Crippen LogP contribution in [0.15, 0.2) is 24.3 Å². The normalized spacial score (nSPS) is 22.4. The zero-order valence-corrected chi connectivity index (χ0v) is 13.4. The molecular weight excluding hydrogens is 264 g/mol. The summed E-state index contributed by atoms with van der Waals surface area (Å²) in [6.45, 7) is 9.04. The SMILES string of the molecule is Cc1ccccc1C1C(CN)CCN1C(=O)OC(C)(C)C. The van der Waals surface area contributed by atoms with Crippen LogP contribution in [0, 0.1) is 12.8 Å². The van der Waals surface area contributed by atoms with Crippen molar-refractivity contribution in [2.24, 2.45) is 11.7 Å². The Morgan fingerprint density at radius 2 is 2.05 bits per heavy atom. The molecule has 1 aromatic carbocycles. The Morgan fingerprint density at radius 3 is 2.62 bits per heavy atom. The number of carbonyl (C=O) groups is 1. The quantitative estimate of drug-likeness (QED) is 0.909. The van der Waals surface area contributed by atoms with E-state index < -0.39 is 5.60 Å². The van der Waals surface area contributed by atoms with Crippen molar-refractivity contribution >= 4 is 6.09 Å². The summed E-state index contributed by atoms with van der Waals surface area (Å²) in [5.74, 6) is 0.290. The summed E-state index contributed by atoms with van der Waals surface area (Å²) in [7, 11) is 0. The number of hydrogen-bond donors (Lipinski definition) is 1. The van der Waals surface area contributed by atoms with E-state index in [1.54, 1.807) is 0 Å². The van der Waals surface area contributed by atoms with Gasteiger partial charge in [0.1, 0.15) is 5.60 Å². The molecule has 116 valence electrons. The van der Waals surface area contributed by atoms with Crippen LogP contribution >= 0.6 is 0 Å². The molecule has 0 aromatic heterocycles. The molecule has 1 amide bonds. The third-order valence-electron chi connectivity index (χ3n) is 3.96. The van der Waals surface area contributed by atoms with E-state index in [1.165, 1.54) is 11.1 Å². The lowest BCUT2D eigenvalue weighted by molar-refractivity contribution is 0.0206. The van der Waals surface area contributed by atoms with Crippen LogP contribution in [0.1, 0.15) is 44.4 Å². The highest BCUT2D eigenvalue weighted by molar-refractivity contribution is 5.69. The van der Waals surface area contributed by atoms with E-state index >= 15 is 0 Å². The van der Waals surface area contributed by atoms with Gasteiger partial charge < -0.3 is 15.4 Å². The van der Waals surface area contributed by atoms with Crippen LogP contribution in [0.5, 0.6) is 0 Å². The van der Waals surface area contributed by atoms with E-state index in [9.17, 15) is 4.79 Å². The van der Waals surface area contributed by atoms with Crippen LogP contribution < -0.4 is 5.73 Å². The second-order valence-electron chi connectivity index (χ2n) is 6.76. The zero-order chi connectivity index (χ0) is 15.6. The molecule has 0 spiro atoms. The molecule has 1 aliphatic heterocycles. The summed E-state index contributed by atoms with van der Waals surface area (Å²) in [6.07, 6.45) is 0.682. The Bertz CT molecular complexity index is 508. The second-order valence-corrected chi connectivity index (χ2v) is 6.76. The van der Waals surface area contributed by atoms with Crippen molar-refractivity contribution in [1.29, 1.82) is 0 Å². The van der Waals surface area contributed by atoms with Crippen molar-refractivity contribution in [3.8, 4) is 0 Å². The lowest BCUT2D eigenvalue weighted by atomic mass is 9.91. The summed E-state index contributed by atoms with van der Waals surface area (Å²) in [5.41, 5.74) is 7.81. The van der Waals surface area contributed by atoms with E-state index in [0.29, 0.717) is 19.0 Å². The predicted octanol–water partition coefficient (Wildman–Crippen LogP) is 3.25. The number of benzene rings is 1. The molecule has 21 heavy (non-hydrogen) atoms. The van der Waals surface area contributed by atoms with Gasteiger partial charge in [-0.25, -0.2) is 4.79 Å². The zero-order valence-electron chi connectivity index (χ0n) is 13.4. The van der Waals surface area contributed by atoms with Gasteiger partial charge in [0.25, 0.3) is 0 Å². The third-order valence-corrected chi connectivity index (χ3v) is 3.96. The molecule has 1 aromatic rings. The fourth-order valence-corrected chi connectivity index (χ4v) is 2.97. The van der Waals surface area contributed by atoms with Gasteiger partial charge in [-0.05, 0) is 57.7 Å². The number of nitrogens with two attached hydrogens (primary N) is 1. The molecule has 0 radical (unpaired) electrons. The maximum absolute atomic E-state index is 12.5. The van der Waals surface area contributed by atoms with Crippen molar-refractivity contribution in [2.75, 3.05) is 13.1 Å². The first-order chi connectivity index (χ1) is 9.83. The van der Waals surface area contributed by atoms with Crippen LogP contribution in [0.25, 0.3) is 0 Å². The van der Waals surface area contributed by atoms with E-state index in [2.05, 4.69) is 19.1 Å². The van der Waals surface area contributed by atoms with Gasteiger partial charge in [-0.2, -0.15) is 0 Å². The fraction of sp³-hybridized carbons (Fsp3) is 0.588. The third kappa shape index (κ3) is 3.56. The highest BCUT2D eigenvalue weighted by Gasteiger charge is 2.39. The predicted molar refractivity (Wildman–Crippen MR) is 84.0 cm³/mol. The largest absolute Gasteiger partial charge is 0.444 e. The summed E-state index contributed by atoms with van der Waals surface area (Å²) in [5, 5.41) is 0. The topological polar surface area (TPSA) is 55.6 Å². The minimum Gasteiger partial charge on any atom is -0.444 e. The lowest BCUT2D eigenvalue weighted by Gasteiger charge is -2.31. The van der Waals surface area contributed by atoms with Crippen molar-refractivity contribution in [3.05, 3.63) is 35.4 Å². The number of likely N-dealkylation sites (tertiary alicyclic amines) is 1. The molecule has 1 saturated heterocycles.